The molecule has 0 bridgehead atoms. The summed E-state index contributed by atoms with van der Waals surface area (Å²) in [6.45, 7) is 4.15. The summed E-state index contributed by atoms with van der Waals surface area (Å²) in [7, 11) is 0. The first-order valence-corrected chi connectivity index (χ1v) is 9.34. The van der Waals surface area contributed by atoms with E-state index in [0.717, 1.165) is 17.3 Å². The zero-order valence-electron chi connectivity index (χ0n) is 15.2. The van der Waals surface area contributed by atoms with E-state index in [0.29, 0.717) is 11.6 Å². The monoisotopic (exact) mass is 399 g/mol. The number of thioether (sulfide) groups is 1. The molecule has 3 rings (SSSR count). The fourth-order valence-electron chi connectivity index (χ4n) is 2.31. The highest BCUT2D eigenvalue weighted by atomic mass is 32.2. The van der Waals surface area contributed by atoms with E-state index in [1.54, 1.807) is 0 Å². The highest BCUT2D eigenvalue weighted by Gasteiger charge is 2.14. The molecule has 9 heteroatoms. The summed E-state index contributed by atoms with van der Waals surface area (Å²) in [6.07, 6.45) is 0. The van der Waals surface area contributed by atoms with Crippen LogP contribution in [0.1, 0.15) is 27.4 Å². The number of rotatable bonds is 8. The van der Waals surface area contributed by atoms with Gasteiger partial charge < -0.3 is 9.15 Å². The molecule has 3 aromatic rings. The van der Waals surface area contributed by atoms with Crippen LogP contribution in [0.5, 0.6) is 5.75 Å². The zero-order valence-corrected chi connectivity index (χ0v) is 16.1. The van der Waals surface area contributed by atoms with Gasteiger partial charge in [-0.25, -0.2) is 0 Å². The standard InChI is InChI=1S/C19H17N3O5S/c1-12-6-7-16(8-13(12)2)26-10-18-20-21-19(27-18)28-11-17(23)14-4-3-5-15(9-14)22(24)25/h3-9H,10-11H2,1-2H3. The van der Waals surface area contributed by atoms with Crippen LogP contribution in [-0.4, -0.2) is 26.7 Å². The van der Waals surface area contributed by atoms with Gasteiger partial charge in [-0.05, 0) is 37.1 Å². The maximum absolute atomic E-state index is 12.2. The SMILES string of the molecule is Cc1ccc(OCc2nnc(SCC(=O)c3cccc([N+](=O)[O-])c3)o2)cc1C. The maximum Gasteiger partial charge on any atom is 0.277 e. The molecule has 0 aliphatic heterocycles. The lowest BCUT2D eigenvalue weighted by molar-refractivity contribution is -0.384. The molecule has 28 heavy (non-hydrogen) atoms. The van der Waals surface area contributed by atoms with E-state index in [1.165, 1.54) is 29.8 Å². The summed E-state index contributed by atoms with van der Waals surface area (Å²) in [5, 5.41) is 18.8. The molecular weight excluding hydrogens is 382 g/mol. The lowest BCUT2D eigenvalue weighted by atomic mass is 10.1. The summed E-state index contributed by atoms with van der Waals surface area (Å²) in [6, 6.07) is 11.4. The fourth-order valence-corrected chi connectivity index (χ4v) is 2.98. The Balaban J connectivity index is 1.54. The van der Waals surface area contributed by atoms with Crippen molar-refractivity contribution >= 4 is 23.2 Å². The number of nitrogens with zero attached hydrogens (tertiary/aromatic N) is 3. The second-order valence-corrected chi connectivity index (χ2v) is 6.94. The predicted molar refractivity (Wildman–Crippen MR) is 103 cm³/mol. The molecule has 0 N–H and O–H groups in total. The zero-order chi connectivity index (χ0) is 20.1. The van der Waals surface area contributed by atoms with Gasteiger partial charge in [0.1, 0.15) is 5.75 Å². The average molecular weight is 399 g/mol. The molecule has 1 aromatic heterocycles. The first-order chi connectivity index (χ1) is 13.4. The summed E-state index contributed by atoms with van der Waals surface area (Å²) < 4.78 is 11.1. The lowest BCUT2D eigenvalue weighted by Crippen LogP contribution is -2.03. The molecule has 0 radical (unpaired) electrons. The number of ketones is 1. The first kappa shape index (κ1) is 19.6. The van der Waals surface area contributed by atoms with E-state index in [1.807, 2.05) is 32.0 Å². The summed E-state index contributed by atoms with van der Waals surface area (Å²) in [5.74, 6) is 0.764. The average Bonchev–Trinajstić information content (AvgIpc) is 3.15. The van der Waals surface area contributed by atoms with Crippen LogP contribution in [0.3, 0.4) is 0 Å². The van der Waals surface area contributed by atoms with Crippen LogP contribution >= 0.6 is 11.8 Å². The Labute approximate surface area is 165 Å². The first-order valence-electron chi connectivity index (χ1n) is 8.35. The highest BCUT2D eigenvalue weighted by Crippen LogP contribution is 2.21. The summed E-state index contributed by atoms with van der Waals surface area (Å²) >= 11 is 1.07. The third kappa shape index (κ3) is 4.95. The van der Waals surface area contributed by atoms with Gasteiger partial charge in [0.05, 0.1) is 10.7 Å². The third-order valence-electron chi connectivity index (χ3n) is 3.99. The lowest BCUT2D eigenvalue weighted by Gasteiger charge is -2.05. The van der Waals surface area contributed by atoms with Crippen molar-refractivity contribution < 1.29 is 18.9 Å². The second-order valence-electron chi connectivity index (χ2n) is 6.02. The number of carbonyl (C=O) groups excluding carboxylic acids is 1. The van der Waals surface area contributed by atoms with Crippen LogP contribution in [0.25, 0.3) is 0 Å². The molecule has 0 saturated carbocycles. The van der Waals surface area contributed by atoms with Gasteiger partial charge in [0.2, 0.25) is 0 Å². The van der Waals surface area contributed by atoms with E-state index < -0.39 is 4.92 Å². The Morgan fingerprint density at radius 3 is 2.75 bits per heavy atom. The van der Waals surface area contributed by atoms with Crippen molar-refractivity contribution in [2.45, 2.75) is 25.7 Å². The van der Waals surface area contributed by atoms with Gasteiger partial charge in [0.25, 0.3) is 16.8 Å². The van der Waals surface area contributed by atoms with E-state index >= 15 is 0 Å². The highest BCUT2D eigenvalue weighted by molar-refractivity contribution is 7.99. The van der Waals surface area contributed by atoms with Gasteiger partial charge in [0.15, 0.2) is 12.4 Å². The number of ether oxygens (including phenoxy) is 1. The molecule has 0 aliphatic rings. The molecule has 0 atom stereocenters. The number of hydrogen-bond acceptors (Lipinski definition) is 8. The molecule has 2 aromatic carbocycles. The van der Waals surface area contributed by atoms with Crippen molar-refractivity contribution in [1.29, 1.82) is 0 Å². The topological polar surface area (TPSA) is 108 Å². The van der Waals surface area contributed by atoms with Gasteiger partial charge in [-0.2, -0.15) is 0 Å². The smallest absolute Gasteiger partial charge is 0.277 e. The Morgan fingerprint density at radius 2 is 2.00 bits per heavy atom. The second kappa shape index (κ2) is 8.66. The van der Waals surface area contributed by atoms with Crippen LogP contribution < -0.4 is 4.74 Å². The maximum atomic E-state index is 12.2. The number of aryl methyl sites for hydroxylation is 2. The molecule has 0 saturated heterocycles. The van der Waals surface area contributed by atoms with Crippen molar-refractivity contribution in [3.8, 4) is 5.75 Å². The number of nitro benzene ring substituents is 1. The Morgan fingerprint density at radius 1 is 1.18 bits per heavy atom. The van der Waals surface area contributed by atoms with Crippen molar-refractivity contribution in [1.82, 2.24) is 10.2 Å². The minimum absolute atomic E-state index is 0.0286. The number of aromatic nitrogens is 2. The van der Waals surface area contributed by atoms with Crippen molar-refractivity contribution in [2.24, 2.45) is 0 Å². The quantitative estimate of drug-likeness (QED) is 0.241. The number of benzene rings is 2. The van der Waals surface area contributed by atoms with E-state index in [-0.39, 0.29) is 34.6 Å². The van der Waals surface area contributed by atoms with Crippen LogP contribution in [0, 0.1) is 24.0 Å². The molecule has 0 unspecified atom stereocenters. The molecule has 0 aliphatic carbocycles. The number of non-ortho nitro benzene ring substituents is 1. The largest absolute Gasteiger partial charge is 0.484 e. The molecule has 1 heterocycles. The van der Waals surface area contributed by atoms with E-state index in [4.69, 9.17) is 9.15 Å². The molecular formula is C19H17N3O5S. The number of hydrogen-bond donors (Lipinski definition) is 0. The van der Waals surface area contributed by atoms with Crippen molar-refractivity contribution in [2.75, 3.05) is 5.75 Å². The van der Waals surface area contributed by atoms with Gasteiger partial charge in [-0.3, -0.25) is 14.9 Å². The van der Waals surface area contributed by atoms with Gasteiger partial charge in [-0.15, -0.1) is 10.2 Å². The normalized spacial score (nSPS) is 10.6. The van der Waals surface area contributed by atoms with E-state index in [9.17, 15) is 14.9 Å². The Bertz CT molecular complexity index is 1020. The minimum Gasteiger partial charge on any atom is -0.484 e. The van der Waals surface area contributed by atoms with Crippen LogP contribution in [0.4, 0.5) is 5.69 Å². The molecule has 8 nitrogen and oxygen atoms in total. The predicted octanol–water partition coefficient (Wildman–Crippen LogP) is 4.15. The van der Waals surface area contributed by atoms with Crippen molar-refractivity contribution in [3.05, 3.63) is 75.2 Å². The van der Waals surface area contributed by atoms with Crippen LogP contribution in [0.15, 0.2) is 52.1 Å². The number of nitro groups is 1. The summed E-state index contributed by atoms with van der Waals surface area (Å²) in [4.78, 5) is 22.5. The molecule has 0 amide bonds. The van der Waals surface area contributed by atoms with Crippen LogP contribution in [-0.2, 0) is 6.61 Å². The minimum atomic E-state index is -0.538. The number of Topliss-reactive ketones (excluding diaryl/α,β-unsaturated/α-hetero) is 1. The summed E-state index contributed by atoms with van der Waals surface area (Å²) in [5.41, 5.74) is 2.44. The molecule has 144 valence electrons. The molecule has 0 fully saturated rings. The van der Waals surface area contributed by atoms with E-state index in [2.05, 4.69) is 10.2 Å². The van der Waals surface area contributed by atoms with Gasteiger partial charge in [0, 0.05) is 17.7 Å². The van der Waals surface area contributed by atoms with Gasteiger partial charge in [-0.1, -0.05) is 30.0 Å². The Hall–Kier alpha value is -3.20. The van der Waals surface area contributed by atoms with Crippen LogP contribution in [0.2, 0.25) is 0 Å². The Kier molecular flexibility index (Phi) is 6.05. The fraction of sp³-hybridized carbons (Fsp3) is 0.211. The molecule has 0 spiro atoms. The van der Waals surface area contributed by atoms with Crippen molar-refractivity contribution in [3.63, 3.8) is 0 Å². The third-order valence-corrected chi connectivity index (χ3v) is 4.81. The number of carbonyl (C=O) groups is 1. The van der Waals surface area contributed by atoms with Gasteiger partial charge >= 0.3 is 0 Å².